The highest BCUT2D eigenvalue weighted by atomic mass is 16.5. The normalized spacial score (nSPS) is 10.5. The van der Waals surface area contributed by atoms with Crippen molar-refractivity contribution in [3.8, 4) is 0 Å². The van der Waals surface area contributed by atoms with E-state index >= 15 is 0 Å². The number of hydrogen-bond acceptors (Lipinski definition) is 4. The van der Waals surface area contributed by atoms with Crippen molar-refractivity contribution in [3.05, 3.63) is 41.1 Å². The van der Waals surface area contributed by atoms with Crippen LogP contribution < -0.4 is 5.73 Å². The molecule has 0 radical (unpaired) electrons. The first-order valence-corrected chi connectivity index (χ1v) is 6.38. The summed E-state index contributed by atoms with van der Waals surface area (Å²) in [6, 6.07) is 7.60. The Hall–Kier alpha value is -2.43. The van der Waals surface area contributed by atoms with Crippen LogP contribution in [0.25, 0.3) is 10.9 Å². The molecule has 2 aromatic rings. The van der Waals surface area contributed by atoms with E-state index in [-0.39, 0.29) is 0 Å². The molecule has 0 bridgehead atoms. The van der Waals surface area contributed by atoms with Gasteiger partial charge >= 0.3 is 5.97 Å². The quantitative estimate of drug-likeness (QED) is 0.859. The van der Waals surface area contributed by atoms with Gasteiger partial charge in [0.25, 0.3) is 5.91 Å². The minimum absolute atomic E-state index is 0.422. The van der Waals surface area contributed by atoms with Gasteiger partial charge in [-0.15, -0.1) is 0 Å². The lowest BCUT2D eigenvalue weighted by Crippen LogP contribution is -2.22. The third-order valence-corrected chi connectivity index (χ3v) is 3.11. The molecule has 0 aliphatic rings. The smallest absolute Gasteiger partial charge is 0.340 e. The summed E-state index contributed by atoms with van der Waals surface area (Å²) in [5.41, 5.74) is 7.72. The SMILES string of the molecule is CCc1nc2ccccc2c(C)c1C(=O)OCC(N)=O. The van der Waals surface area contributed by atoms with Crippen LogP contribution in [-0.4, -0.2) is 23.5 Å². The molecule has 2 rings (SSSR count). The number of pyridine rings is 1. The Morgan fingerprint density at radius 3 is 2.65 bits per heavy atom. The van der Waals surface area contributed by atoms with Crippen LogP contribution in [-0.2, 0) is 16.0 Å². The summed E-state index contributed by atoms with van der Waals surface area (Å²) in [7, 11) is 0. The van der Waals surface area contributed by atoms with Gasteiger partial charge in [0.2, 0.25) is 0 Å². The number of aryl methyl sites for hydroxylation is 2. The fourth-order valence-corrected chi connectivity index (χ4v) is 2.18. The van der Waals surface area contributed by atoms with Crippen molar-refractivity contribution in [3.63, 3.8) is 0 Å². The molecule has 1 amide bonds. The second-order valence-electron chi connectivity index (χ2n) is 4.47. The molecule has 0 saturated carbocycles. The first-order chi connectivity index (χ1) is 9.54. The first-order valence-electron chi connectivity index (χ1n) is 6.38. The molecule has 0 atom stereocenters. The zero-order chi connectivity index (χ0) is 14.7. The number of carbonyl (C=O) groups is 2. The van der Waals surface area contributed by atoms with Crippen LogP contribution in [0, 0.1) is 6.92 Å². The second kappa shape index (κ2) is 5.69. The largest absolute Gasteiger partial charge is 0.452 e. The van der Waals surface area contributed by atoms with Gasteiger partial charge in [-0.25, -0.2) is 4.79 Å². The molecule has 0 aliphatic heterocycles. The maximum atomic E-state index is 12.1. The minimum atomic E-state index is -0.678. The lowest BCUT2D eigenvalue weighted by Gasteiger charge is -2.12. The summed E-state index contributed by atoms with van der Waals surface area (Å²) < 4.78 is 4.91. The predicted octanol–water partition coefficient (Wildman–Crippen LogP) is 1.75. The highest BCUT2D eigenvalue weighted by molar-refractivity contribution is 5.99. The summed E-state index contributed by atoms with van der Waals surface area (Å²) in [5, 5.41) is 0.899. The molecule has 104 valence electrons. The molecule has 20 heavy (non-hydrogen) atoms. The number of ether oxygens (including phenoxy) is 1. The fraction of sp³-hybridized carbons (Fsp3) is 0.267. The van der Waals surface area contributed by atoms with Gasteiger partial charge in [-0.3, -0.25) is 9.78 Å². The lowest BCUT2D eigenvalue weighted by molar-refractivity contribution is -0.121. The summed E-state index contributed by atoms with van der Waals surface area (Å²) in [6.45, 7) is 3.35. The monoisotopic (exact) mass is 272 g/mol. The number of nitrogens with zero attached hydrogens (tertiary/aromatic N) is 1. The lowest BCUT2D eigenvalue weighted by atomic mass is 10.0. The number of para-hydroxylation sites is 1. The van der Waals surface area contributed by atoms with Gasteiger partial charge in [-0.1, -0.05) is 25.1 Å². The standard InChI is InChI=1S/C15H16N2O3/c1-3-11-14(15(19)20-8-13(16)18)9(2)10-6-4-5-7-12(10)17-11/h4-7H,3,8H2,1-2H3,(H2,16,18). The van der Waals surface area contributed by atoms with Crippen molar-refractivity contribution in [2.24, 2.45) is 5.73 Å². The maximum Gasteiger partial charge on any atom is 0.340 e. The van der Waals surface area contributed by atoms with Crippen LogP contribution in [0.3, 0.4) is 0 Å². The van der Waals surface area contributed by atoms with E-state index in [9.17, 15) is 9.59 Å². The minimum Gasteiger partial charge on any atom is -0.452 e. The average Bonchev–Trinajstić information content (AvgIpc) is 2.44. The average molecular weight is 272 g/mol. The van der Waals surface area contributed by atoms with E-state index in [0.717, 1.165) is 16.5 Å². The zero-order valence-electron chi connectivity index (χ0n) is 11.5. The molecule has 0 unspecified atom stereocenters. The number of rotatable bonds is 4. The zero-order valence-corrected chi connectivity index (χ0v) is 11.5. The number of hydrogen-bond donors (Lipinski definition) is 1. The molecule has 1 heterocycles. The van der Waals surface area contributed by atoms with Gasteiger partial charge in [0, 0.05) is 5.39 Å². The number of aromatic nitrogens is 1. The van der Waals surface area contributed by atoms with E-state index in [1.165, 1.54) is 0 Å². The van der Waals surface area contributed by atoms with E-state index < -0.39 is 18.5 Å². The van der Waals surface area contributed by atoms with Crippen molar-refractivity contribution >= 4 is 22.8 Å². The molecule has 0 saturated heterocycles. The van der Waals surface area contributed by atoms with Gasteiger partial charge in [-0.05, 0) is 25.0 Å². The highest BCUT2D eigenvalue weighted by Gasteiger charge is 2.19. The van der Waals surface area contributed by atoms with E-state index in [1.54, 1.807) is 0 Å². The molecule has 5 nitrogen and oxygen atoms in total. The summed E-state index contributed by atoms with van der Waals surface area (Å²) in [4.78, 5) is 27.3. The van der Waals surface area contributed by atoms with Gasteiger partial charge in [-0.2, -0.15) is 0 Å². The summed E-state index contributed by atoms with van der Waals surface area (Å²) in [6.07, 6.45) is 0.604. The van der Waals surface area contributed by atoms with Gasteiger partial charge in [0.1, 0.15) is 0 Å². The Kier molecular flexibility index (Phi) is 3.98. The van der Waals surface area contributed by atoms with Crippen molar-refractivity contribution in [1.82, 2.24) is 4.98 Å². The van der Waals surface area contributed by atoms with Crippen molar-refractivity contribution in [1.29, 1.82) is 0 Å². The van der Waals surface area contributed by atoms with E-state index in [4.69, 9.17) is 10.5 Å². The van der Waals surface area contributed by atoms with Crippen LogP contribution in [0.5, 0.6) is 0 Å². The summed E-state index contributed by atoms with van der Waals surface area (Å²) in [5.74, 6) is -1.24. The Morgan fingerprint density at radius 1 is 1.30 bits per heavy atom. The molecule has 0 spiro atoms. The maximum absolute atomic E-state index is 12.1. The number of amides is 1. The van der Waals surface area contributed by atoms with E-state index in [2.05, 4.69) is 4.98 Å². The number of primary amides is 1. The predicted molar refractivity (Wildman–Crippen MR) is 75.3 cm³/mol. The molecular weight excluding hydrogens is 256 g/mol. The molecule has 5 heteroatoms. The molecule has 2 N–H and O–H groups in total. The van der Waals surface area contributed by atoms with Crippen LogP contribution in [0.1, 0.15) is 28.5 Å². The Bertz CT molecular complexity index is 680. The van der Waals surface area contributed by atoms with Gasteiger partial charge in [0.15, 0.2) is 6.61 Å². The molecule has 0 fully saturated rings. The van der Waals surface area contributed by atoms with Crippen LogP contribution in [0.2, 0.25) is 0 Å². The third-order valence-electron chi connectivity index (χ3n) is 3.11. The fourth-order valence-electron chi connectivity index (χ4n) is 2.18. The number of nitrogens with two attached hydrogens (primary N) is 1. The summed E-state index contributed by atoms with van der Waals surface area (Å²) >= 11 is 0. The number of fused-ring (bicyclic) bond motifs is 1. The van der Waals surface area contributed by atoms with Crippen LogP contribution in [0.15, 0.2) is 24.3 Å². The third kappa shape index (κ3) is 2.61. The molecule has 1 aromatic heterocycles. The topological polar surface area (TPSA) is 82.3 Å². The van der Waals surface area contributed by atoms with Gasteiger partial charge < -0.3 is 10.5 Å². The molecule has 1 aromatic carbocycles. The van der Waals surface area contributed by atoms with Crippen LogP contribution >= 0.6 is 0 Å². The number of esters is 1. The van der Waals surface area contributed by atoms with Crippen molar-refractivity contribution < 1.29 is 14.3 Å². The molecular formula is C15H16N2O3. The van der Waals surface area contributed by atoms with Crippen molar-refractivity contribution in [2.75, 3.05) is 6.61 Å². The van der Waals surface area contributed by atoms with Gasteiger partial charge in [0.05, 0.1) is 16.8 Å². The van der Waals surface area contributed by atoms with E-state index in [0.29, 0.717) is 17.7 Å². The number of benzene rings is 1. The van der Waals surface area contributed by atoms with Crippen LogP contribution in [0.4, 0.5) is 0 Å². The Labute approximate surface area is 116 Å². The first kappa shape index (κ1) is 14.0. The Morgan fingerprint density at radius 2 is 2.00 bits per heavy atom. The second-order valence-corrected chi connectivity index (χ2v) is 4.47. The van der Waals surface area contributed by atoms with E-state index in [1.807, 2.05) is 38.1 Å². The van der Waals surface area contributed by atoms with Crippen molar-refractivity contribution in [2.45, 2.75) is 20.3 Å². The Balaban J connectivity index is 2.53. The molecule has 0 aliphatic carbocycles. The highest BCUT2D eigenvalue weighted by Crippen LogP contribution is 2.23. The number of carbonyl (C=O) groups excluding carboxylic acids is 2.